The Kier molecular flexibility index (Phi) is 5.45. The van der Waals surface area contributed by atoms with Crippen molar-refractivity contribution in [2.24, 2.45) is 0 Å². The van der Waals surface area contributed by atoms with E-state index in [4.69, 9.17) is 4.74 Å². The molecular formula is C23H27N3O4. The third-order valence-electron chi connectivity index (χ3n) is 6.29. The lowest BCUT2D eigenvalue weighted by atomic mass is 9.84. The van der Waals surface area contributed by atoms with Crippen LogP contribution in [0.3, 0.4) is 0 Å². The lowest BCUT2D eigenvalue weighted by Gasteiger charge is -2.37. The standard InChI is InChI=1S/C23H27N3O4/c1-15-17(16(2)25-22(29)24-15)8-9-21(28)26-12-5-10-23(11-13-26)14-19(27)18-6-3-4-7-20(18)30-23/h3-4,6-7H,5,8-14H2,1-2H3,(H,24,25,29). The van der Waals surface area contributed by atoms with Crippen LogP contribution in [0.2, 0.25) is 0 Å². The molecule has 1 aromatic heterocycles. The van der Waals surface area contributed by atoms with Gasteiger partial charge >= 0.3 is 5.69 Å². The molecule has 2 aliphatic heterocycles. The molecule has 0 aliphatic carbocycles. The maximum atomic E-state index is 12.9. The number of likely N-dealkylation sites (tertiary alicyclic amines) is 1. The Hall–Kier alpha value is -2.96. The van der Waals surface area contributed by atoms with E-state index in [1.54, 1.807) is 6.92 Å². The minimum absolute atomic E-state index is 0.0830. The first-order chi connectivity index (χ1) is 14.4. The molecule has 2 aliphatic rings. The van der Waals surface area contributed by atoms with Crippen LogP contribution >= 0.6 is 0 Å². The van der Waals surface area contributed by atoms with E-state index >= 15 is 0 Å². The highest BCUT2D eigenvalue weighted by atomic mass is 16.5. The molecule has 7 heteroatoms. The summed E-state index contributed by atoms with van der Waals surface area (Å²) in [6, 6.07) is 7.40. The van der Waals surface area contributed by atoms with Crippen LogP contribution in [-0.2, 0) is 11.2 Å². The molecule has 3 heterocycles. The number of ether oxygens (including phenoxy) is 1. The zero-order valence-corrected chi connectivity index (χ0v) is 17.5. The fourth-order valence-electron chi connectivity index (χ4n) is 4.65. The van der Waals surface area contributed by atoms with Crippen molar-refractivity contribution in [2.75, 3.05) is 13.1 Å². The van der Waals surface area contributed by atoms with Gasteiger partial charge in [-0.25, -0.2) is 4.79 Å². The first-order valence-electron chi connectivity index (χ1n) is 10.5. The molecule has 2 aromatic rings. The van der Waals surface area contributed by atoms with Crippen LogP contribution in [0, 0.1) is 13.8 Å². The van der Waals surface area contributed by atoms with Crippen LogP contribution in [0.1, 0.15) is 59.4 Å². The van der Waals surface area contributed by atoms with Gasteiger partial charge in [0.15, 0.2) is 5.78 Å². The second-order valence-corrected chi connectivity index (χ2v) is 8.35. The Morgan fingerprint density at radius 3 is 2.80 bits per heavy atom. The average molecular weight is 409 g/mol. The third-order valence-corrected chi connectivity index (χ3v) is 6.29. The van der Waals surface area contributed by atoms with E-state index < -0.39 is 5.60 Å². The Morgan fingerprint density at radius 1 is 1.20 bits per heavy atom. The summed E-state index contributed by atoms with van der Waals surface area (Å²) in [6.45, 7) is 4.88. The van der Waals surface area contributed by atoms with Crippen molar-refractivity contribution in [3.63, 3.8) is 0 Å². The quantitative estimate of drug-likeness (QED) is 0.842. The second-order valence-electron chi connectivity index (χ2n) is 8.35. The molecule has 1 aromatic carbocycles. The van der Waals surface area contributed by atoms with Crippen LogP contribution in [0.15, 0.2) is 29.1 Å². The van der Waals surface area contributed by atoms with Gasteiger partial charge in [-0.2, -0.15) is 4.98 Å². The van der Waals surface area contributed by atoms with Crippen molar-refractivity contribution in [3.8, 4) is 5.75 Å². The molecule has 158 valence electrons. The van der Waals surface area contributed by atoms with E-state index in [2.05, 4.69) is 9.97 Å². The van der Waals surface area contributed by atoms with Gasteiger partial charge in [0.05, 0.1) is 12.0 Å². The summed E-state index contributed by atoms with van der Waals surface area (Å²) >= 11 is 0. The molecule has 30 heavy (non-hydrogen) atoms. The van der Waals surface area contributed by atoms with Gasteiger partial charge in [0.2, 0.25) is 5.91 Å². The van der Waals surface area contributed by atoms with Gasteiger partial charge in [0.25, 0.3) is 0 Å². The van der Waals surface area contributed by atoms with Crippen molar-refractivity contribution < 1.29 is 14.3 Å². The van der Waals surface area contributed by atoms with Crippen LogP contribution in [0.25, 0.3) is 0 Å². The molecule has 1 spiro atoms. The number of carbonyl (C=O) groups is 2. The lowest BCUT2D eigenvalue weighted by molar-refractivity contribution is -0.131. The summed E-state index contributed by atoms with van der Waals surface area (Å²) in [5.74, 6) is 0.859. The fraction of sp³-hybridized carbons (Fsp3) is 0.478. The first-order valence-corrected chi connectivity index (χ1v) is 10.5. The number of benzene rings is 1. The van der Waals surface area contributed by atoms with Crippen molar-refractivity contribution in [3.05, 3.63) is 57.3 Å². The van der Waals surface area contributed by atoms with Gasteiger partial charge in [-0.3, -0.25) is 9.59 Å². The number of aromatic amines is 1. The summed E-state index contributed by atoms with van der Waals surface area (Å²) < 4.78 is 6.31. The van der Waals surface area contributed by atoms with E-state index in [0.717, 1.165) is 24.1 Å². The van der Waals surface area contributed by atoms with Crippen LogP contribution < -0.4 is 10.4 Å². The summed E-state index contributed by atoms with van der Waals surface area (Å²) in [6.07, 6.45) is 3.50. The van der Waals surface area contributed by atoms with Crippen molar-refractivity contribution >= 4 is 11.7 Å². The Morgan fingerprint density at radius 2 is 2.00 bits per heavy atom. The highest BCUT2D eigenvalue weighted by molar-refractivity contribution is 6.00. The number of hydrogen-bond donors (Lipinski definition) is 1. The number of ketones is 1. The zero-order valence-electron chi connectivity index (χ0n) is 17.5. The van der Waals surface area contributed by atoms with Gasteiger partial charge in [-0.05, 0) is 50.8 Å². The smallest absolute Gasteiger partial charge is 0.345 e. The van der Waals surface area contributed by atoms with Gasteiger partial charge in [0, 0.05) is 37.3 Å². The summed E-state index contributed by atoms with van der Waals surface area (Å²) in [5.41, 5.74) is 2.14. The third kappa shape index (κ3) is 4.01. The minimum Gasteiger partial charge on any atom is -0.486 e. The molecule has 0 saturated carbocycles. The largest absolute Gasteiger partial charge is 0.486 e. The Balaban J connectivity index is 1.41. The van der Waals surface area contributed by atoms with E-state index in [-0.39, 0.29) is 17.4 Å². The molecule has 1 N–H and O–H groups in total. The summed E-state index contributed by atoms with van der Waals surface area (Å²) in [4.78, 5) is 45.5. The van der Waals surface area contributed by atoms with Gasteiger partial charge < -0.3 is 14.6 Å². The molecule has 4 rings (SSSR count). The summed E-state index contributed by atoms with van der Waals surface area (Å²) in [5, 5.41) is 0. The normalized spacial score (nSPS) is 21.1. The van der Waals surface area contributed by atoms with E-state index in [9.17, 15) is 14.4 Å². The van der Waals surface area contributed by atoms with Gasteiger partial charge in [0.1, 0.15) is 11.4 Å². The highest BCUT2D eigenvalue weighted by Crippen LogP contribution is 2.39. The second kappa shape index (κ2) is 8.05. The number of H-pyrrole nitrogens is 1. The number of rotatable bonds is 3. The predicted octanol–water partition coefficient (Wildman–Crippen LogP) is 2.74. The molecule has 1 unspecified atom stereocenters. The average Bonchev–Trinajstić information content (AvgIpc) is 2.89. The maximum Gasteiger partial charge on any atom is 0.345 e. The molecule has 1 fully saturated rings. The SMILES string of the molecule is Cc1nc(=O)[nH]c(C)c1CCC(=O)N1CCCC2(CC1)CC(=O)c1ccccc1O2. The van der Waals surface area contributed by atoms with Crippen molar-refractivity contribution in [2.45, 2.75) is 58.0 Å². The fourth-order valence-corrected chi connectivity index (χ4v) is 4.65. The van der Waals surface area contributed by atoms with Gasteiger partial charge in [-0.1, -0.05) is 12.1 Å². The van der Waals surface area contributed by atoms with E-state index in [0.29, 0.717) is 55.8 Å². The maximum absolute atomic E-state index is 12.9. The number of amides is 1. The zero-order chi connectivity index (χ0) is 21.3. The number of aryl methyl sites for hydroxylation is 2. The summed E-state index contributed by atoms with van der Waals surface area (Å²) in [7, 11) is 0. The minimum atomic E-state index is -0.517. The van der Waals surface area contributed by atoms with Crippen LogP contribution in [0.5, 0.6) is 5.75 Å². The van der Waals surface area contributed by atoms with Gasteiger partial charge in [-0.15, -0.1) is 0 Å². The van der Waals surface area contributed by atoms with Crippen molar-refractivity contribution in [1.82, 2.24) is 14.9 Å². The Bertz CT molecular complexity index is 1020. The first kappa shape index (κ1) is 20.3. The predicted molar refractivity (Wildman–Crippen MR) is 112 cm³/mol. The molecule has 0 bridgehead atoms. The number of para-hydroxylation sites is 1. The lowest BCUT2D eigenvalue weighted by Crippen LogP contribution is -2.43. The monoisotopic (exact) mass is 409 g/mol. The molecule has 0 radical (unpaired) electrons. The van der Waals surface area contributed by atoms with E-state index in [1.165, 1.54) is 0 Å². The molecule has 1 amide bonds. The number of aromatic nitrogens is 2. The highest BCUT2D eigenvalue weighted by Gasteiger charge is 2.41. The number of nitrogens with zero attached hydrogens (tertiary/aromatic N) is 2. The number of hydrogen-bond acceptors (Lipinski definition) is 5. The molecule has 1 saturated heterocycles. The topological polar surface area (TPSA) is 92.4 Å². The molecular weight excluding hydrogens is 382 g/mol. The molecule has 7 nitrogen and oxygen atoms in total. The Labute approximate surface area is 175 Å². The molecule has 1 atom stereocenters. The van der Waals surface area contributed by atoms with Crippen LogP contribution in [0.4, 0.5) is 0 Å². The number of carbonyl (C=O) groups excluding carboxylic acids is 2. The van der Waals surface area contributed by atoms with Crippen molar-refractivity contribution in [1.29, 1.82) is 0 Å². The van der Waals surface area contributed by atoms with E-state index in [1.807, 2.05) is 36.1 Å². The number of fused-ring (bicyclic) bond motifs is 1. The number of Topliss-reactive ketones (excluding diaryl/α,β-unsaturated/α-hetero) is 1. The number of nitrogens with one attached hydrogen (secondary N) is 1. The van der Waals surface area contributed by atoms with Crippen LogP contribution in [-0.4, -0.2) is 45.2 Å².